The predicted octanol–water partition coefficient (Wildman–Crippen LogP) is 3.25. The van der Waals surface area contributed by atoms with Crippen LogP contribution in [0.1, 0.15) is 54.2 Å². The molecule has 170 valence electrons. The summed E-state index contributed by atoms with van der Waals surface area (Å²) in [5.74, 6) is -0.497. The molecule has 1 aliphatic carbocycles. The van der Waals surface area contributed by atoms with Crippen LogP contribution < -0.4 is 4.74 Å². The van der Waals surface area contributed by atoms with Crippen molar-refractivity contribution in [1.29, 1.82) is 0 Å². The number of hydrogen-bond donors (Lipinski definition) is 1. The van der Waals surface area contributed by atoms with Gasteiger partial charge in [-0.2, -0.15) is 0 Å². The fraction of sp³-hybridized carbons (Fsp3) is 0.500. The van der Waals surface area contributed by atoms with Crippen LogP contribution in [0.15, 0.2) is 30.5 Å². The maximum absolute atomic E-state index is 13.1. The molecule has 8 nitrogen and oxygen atoms in total. The van der Waals surface area contributed by atoms with E-state index in [2.05, 4.69) is 17.1 Å². The Balaban J connectivity index is 1.36. The second-order valence-corrected chi connectivity index (χ2v) is 8.43. The van der Waals surface area contributed by atoms with Gasteiger partial charge in [0, 0.05) is 43.3 Å². The molecule has 1 saturated heterocycles. The van der Waals surface area contributed by atoms with Crippen LogP contribution >= 0.6 is 0 Å². The molecule has 2 aliphatic rings. The Kier molecular flexibility index (Phi) is 6.87. The molecule has 0 unspecified atom stereocenters. The molecule has 4 rings (SSSR count). The first kappa shape index (κ1) is 22.0. The first-order valence-corrected chi connectivity index (χ1v) is 11.3. The summed E-state index contributed by atoms with van der Waals surface area (Å²) >= 11 is 0. The van der Waals surface area contributed by atoms with Gasteiger partial charge in [0.25, 0.3) is 0 Å². The largest absolute Gasteiger partial charge is 0.481 e. The van der Waals surface area contributed by atoms with Crippen LogP contribution in [0, 0.1) is 0 Å². The number of rotatable bonds is 9. The van der Waals surface area contributed by atoms with E-state index in [9.17, 15) is 14.7 Å². The third kappa shape index (κ3) is 5.00. The zero-order valence-electron chi connectivity index (χ0n) is 18.5. The van der Waals surface area contributed by atoms with Crippen LogP contribution in [0.5, 0.6) is 5.88 Å². The predicted molar refractivity (Wildman–Crippen MR) is 119 cm³/mol. The van der Waals surface area contributed by atoms with Crippen molar-refractivity contribution in [1.82, 2.24) is 19.8 Å². The Labute approximate surface area is 188 Å². The van der Waals surface area contributed by atoms with Crippen molar-refractivity contribution in [3.8, 4) is 5.88 Å². The lowest BCUT2D eigenvalue weighted by atomic mass is 9.95. The summed E-state index contributed by atoms with van der Waals surface area (Å²) in [4.78, 5) is 37.0. The normalized spacial score (nSPS) is 16.7. The van der Waals surface area contributed by atoms with E-state index < -0.39 is 12.0 Å². The Morgan fingerprint density at radius 1 is 1.19 bits per heavy atom. The standard InChI is InChI=1S/C24H30N4O4/c1-32-22-11-9-18(16-25-22)21(15-23(29)30)28-14-13-27(24(28)31)12-4-6-19-10-8-17-5-2-3-7-20(17)26-19/h8-11,16,21H,2-7,12-15H2,1H3,(H,29,30)/t21-/m0/s1. The van der Waals surface area contributed by atoms with Crippen LogP contribution in [0.4, 0.5) is 4.79 Å². The van der Waals surface area contributed by atoms with E-state index in [1.54, 1.807) is 23.2 Å². The van der Waals surface area contributed by atoms with Gasteiger partial charge in [-0.1, -0.05) is 12.1 Å². The molecule has 0 radical (unpaired) electrons. The van der Waals surface area contributed by atoms with E-state index in [0.717, 1.165) is 31.4 Å². The minimum absolute atomic E-state index is 0.120. The maximum Gasteiger partial charge on any atom is 0.320 e. The highest BCUT2D eigenvalue weighted by Gasteiger charge is 2.35. The third-order valence-electron chi connectivity index (χ3n) is 6.32. The van der Waals surface area contributed by atoms with Crippen LogP contribution in [0.2, 0.25) is 0 Å². The lowest BCUT2D eigenvalue weighted by Crippen LogP contribution is -2.36. The zero-order valence-corrected chi connectivity index (χ0v) is 18.5. The van der Waals surface area contributed by atoms with E-state index >= 15 is 0 Å². The van der Waals surface area contributed by atoms with Crippen molar-refractivity contribution in [2.24, 2.45) is 0 Å². The number of carbonyl (C=O) groups excluding carboxylic acids is 1. The van der Waals surface area contributed by atoms with Gasteiger partial charge in [-0.25, -0.2) is 9.78 Å². The first-order chi connectivity index (χ1) is 15.5. The van der Waals surface area contributed by atoms with Crippen molar-refractivity contribution >= 4 is 12.0 Å². The smallest absolute Gasteiger partial charge is 0.320 e. The van der Waals surface area contributed by atoms with Gasteiger partial charge in [0.15, 0.2) is 0 Å². The molecule has 2 amide bonds. The quantitative estimate of drug-likeness (QED) is 0.646. The molecule has 2 aromatic rings. The third-order valence-corrected chi connectivity index (χ3v) is 6.32. The van der Waals surface area contributed by atoms with Gasteiger partial charge in [-0.3, -0.25) is 9.78 Å². The minimum atomic E-state index is -0.949. The van der Waals surface area contributed by atoms with Gasteiger partial charge in [-0.05, 0) is 55.7 Å². The van der Waals surface area contributed by atoms with Gasteiger partial charge in [0.2, 0.25) is 5.88 Å². The van der Waals surface area contributed by atoms with Crippen LogP contribution in [0.3, 0.4) is 0 Å². The molecule has 0 bridgehead atoms. The second kappa shape index (κ2) is 9.97. The number of pyridine rings is 2. The first-order valence-electron chi connectivity index (χ1n) is 11.3. The topological polar surface area (TPSA) is 95.9 Å². The number of aromatic nitrogens is 2. The monoisotopic (exact) mass is 438 g/mol. The van der Waals surface area contributed by atoms with E-state index in [1.165, 1.54) is 31.2 Å². The summed E-state index contributed by atoms with van der Waals surface area (Å²) in [6.07, 6.45) is 7.74. The minimum Gasteiger partial charge on any atom is -0.481 e. The summed E-state index contributed by atoms with van der Waals surface area (Å²) in [5, 5.41) is 9.41. The molecule has 0 saturated carbocycles. The number of nitrogens with zero attached hydrogens (tertiary/aromatic N) is 4. The molecule has 0 aromatic carbocycles. The number of carboxylic acid groups (broad SMARTS) is 1. The molecule has 32 heavy (non-hydrogen) atoms. The second-order valence-electron chi connectivity index (χ2n) is 8.43. The van der Waals surface area contributed by atoms with Crippen LogP contribution in [-0.4, -0.2) is 63.6 Å². The molecule has 1 atom stereocenters. The molecule has 2 aromatic heterocycles. The summed E-state index contributed by atoms with van der Waals surface area (Å²) in [5.41, 5.74) is 4.40. The van der Waals surface area contributed by atoms with E-state index in [4.69, 9.17) is 9.72 Å². The van der Waals surface area contributed by atoms with Gasteiger partial charge < -0.3 is 19.6 Å². The average molecular weight is 439 g/mol. The highest BCUT2D eigenvalue weighted by Crippen LogP contribution is 2.29. The summed E-state index contributed by atoms with van der Waals surface area (Å²) in [6.45, 7) is 1.73. The molecule has 3 heterocycles. The molecular weight excluding hydrogens is 408 g/mol. The highest BCUT2D eigenvalue weighted by atomic mass is 16.5. The molecular formula is C24H30N4O4. The summed E-state index contributed by atoms with van der Waals surface area (Å²) in [6, 6.07) is 7.11. The van der Waals surface area contributed by atoms with E-state index in [0.29, 0.717) is 31.1 Å². The number of ether oxygens (including phenoxy) is 1. The fourth-order valence-electron chi connectivity index (χ4n) is 4.60. The number of carbonyl (C=O) groups is 2. The van der Waals surface area contributed by atoms with E-state index in [1.807, 2.05) is 4.90 Å². The highest BCUT2D eigenvalue weighted by molar-refractivity contribution is 5.78. The van der Waals surface area contributed by atoms with Crippen LogP contribution in [0.25, 0.3) is 0 Å². The number of carboxylic acids is 1. The molecule has 0 spiro atoms. The number of amides is 2. The lowest BCUT2D eigenvalue weighted by molar-refractivity contribution is -0.138. The molecule has 1 fully saturated rings. The average Bonchev–Trinajstić information content (AvgIpc) is 3.17. The van der Waals surface area contributed by atoms with Crippen molar-refractivity contribution in [3.63, 3.8) is 0 Å². The molecule has 8 heteroatoms. The van der Waals surface area contributed by atoms with E-state index in [-0.39, 0.29) is 12.5 Å². The summed E-state index contributed by atoms with van der Waals surface area (Å²) < 4.78 is 5.08. The lowest BCUT2D eigenvalue weighted by Gasteiger charge is -2.27. The number of fused-ring (bicyclic) bond motifs is 1. The number of hydrogen-bond acceptors (Lipinski definition) is 5. The molecule has 1 N–H and O–H groups in total. The van der Waals surface area contributed by atoms with Crippen molar-refractivity contribution in [3.05, 3.63) is 53.0 Å². The Hall–Kier alpha value is -3.16. The van der Waals surface area contributed by atoms with Crippen LogP contribution in [-0.2, 0) is 24.1 Å². The SMILES string of the molecule is COc1ccc([C@H](CC(=O)O)N2CCN(CCCc3ccc4c(n3)CCCC4)C2=O)cn1. The van der Waals surface area contributed by atoms with Crippen molar-refractivity contribution in [2.45, 2.75) is 51.0 Å². The number of methoxy groups -OCH3 is 1. The number of aliphatic carboxylic acids is 1. The van der Waals surface area contributed by atoms with Crippen molar-refractivity contribution in [2.75, 3.05) is 26.7 Å². The van der Waals surface area contributed by atoms with Gasteiger partial charge in [0.1, 0.15) is 0 Å². The Morgan fingerprint density at radius 3 is 2.78 bits per heavy atom. The maximum atomic E-state index is 13.1. The fourth-order valence-corrected chi connectivity index (χ4v) is 4.60. The zero-order chi connectivity index (χ0) is 22.5. The van der Waals surface area contributed by atoms with Gasteiger partial charge in [-0.15, -0.1) is 0 Å². The van der Waals surface area contributed by atoms with Gasteiger partial charge >= 0.3 is 12.0 Å². The Morgan fingerprint density at radius 2 is 2.03 bits per heavy atom. The summed E-state index contributed by atoms with van der Waals surface area (Å²) in [7, 11) is 1.53. The number of aryl methyl sites for hydroxylation is 3. The Bertz CT molecular complexity index is 963. The number of urea groups is 1. The van der Waals surface area contributed by atoms with Crippen molar-refractivity contribution < 1.29 is 19.4 Å². The molecule has 1 aliphatic heterocycles. The van der Waals surface area contributed by atoms with Gasteiger partial charge in [0.05, 0.1) is 19.6 Å².